The van der Waals surface area contributed by atoms with E-state index in [1.165, 1.54) is 25.7 Å². The Hall–Kier alpha value is 1.65. The molecular formula is C7H14FeKN. The van der Waals surface area contributed by atoms with Crippen molar-refractivity contribution < 1.29 is 68.5 Å². The van der Waals surface area contributed by atoms with Crippen LogP contribution in [0.1, 0.15) is 39.5 Å². The molecule has 0 unspecified atom stereocenters. The average molecular weight is 207 g/mol. The summed E-state index contributed by atoms with van der Waals surface area (Å²) < 4.78 is 0. The summed E-state index contributed by atoms with van der Waals surface area (Å²) >= 11 is 0. The Morgan fingerprint density at radius 1 is 1.00 bits per heavy atom. The first-order valence-corrected chi connectivity index (χ1v) is 3.14. The Morgan fingerprint density at radius 2 is 1.20 bits per heavy atom. The molecule has 0 fully saturated rings. The molecule has 0 heterocycles. The van der Waals surface area contributed by atoms with Crippen molar-refractivity contribution in [3.8, 4) is 0 Å². The first-order chi connectivity index (χ1) is 3.91. The molecule has 0 aromatic rings. The van der Waals surface area contributed by atoms with E-state index in [2.05, 4.69) is 13.8 Å². The molecule has 0 amide bonds. The molecule has 0 aromatic carbocycles. The molecule has 56 valence electrons. The Labute approximate surface area is 118 Å². The van der Waals surface area contributed by atoms with Gasteiger partial charge in [-0.3, -0.25) is 0 Å². The Bertz CT molecular complexity index is 44.1. The summed E-state index contributed by atoms with van der Waals surface area (Å²) in [5.74, 6) is 0. The molecule has 0 aliphatic heterocycles. The zero-order valence-corrected chi connectivity index (χ0v) is 11.4. The Kier molecular flexibility index (Phi) is 70.2. The first-order valence-electron chi connectivity index (χ1n) is 3.14. The molecule has 0 radical (unpaired) electrons. The third-order valence-corrected chi connectivity index (χ3v) is 0.957. The van der Waals surface area contributed by atoms with Gasteiger partial charge in [-0.15, -0.1) is 0 Å². The van der Waals surface area contributed by atoms with E-state index in [0.29, 0.717) is 0 Å². The summed E-state index contributed by atoms with van der Waals surface area (Å²) in [7, 11) is 0. The molecule has 0 saturated carbocycles. The number of unbranched alkanes of at least 4 members (excludes halogenated alkanes) is 3. The molecule has 1 nitrogen and oxygen atoms in total. The van der Waals surface area contributed by atoms with E-state index in [9.17, 15) is 0 Å². The summed E-state index contributed by atoms with van der Waals surface area (Å²) in [6, 6.07) is 0. The fraction of sp³-hybridized carbons (Fsp3) is 0.857. The molecule has 0 atom stereocenters. The molecular weight excluding hydrogens is 193 g/mol. The fourth-order valence-corrected chi connectivity index (χ4v) is 0.500. The molecule has 0 aliphatic carbocycles. The van der Waals surface area contributed by atoms with Gasteiger partial charge in [0.15, 0.2) is 0 Å². The van der Waals surface area contributed by atoms with Crippen LogP contribution in [0.4, 0.5) is 0 Å². The van der Waals surface area contributed by atoms with Crippen LogP contribution in [0.5, 0.6) is 0 Å². The van der Waals surface area contributed by atoms with Crippen LogP contribution in [0.2, 0.25) is 0 Å². The van der Waals surface area contributed by atoms with Crippen LogP contribution in [-0.2, 0) is 17.1 Å². The predicted molar refractivity (Wildman–Crippen MR) is 34.8 cm³/mol. The maximum atomic E-state index is 6.25. The number of nitrogens with zero attached hydrogens (tertiary/aromatic N) is 1. The fourth-order valence-electron chi connectivity index (χ4n) is 0.500. The van der Waals surface area contributed by atoms with Crippen molar-refractivity contribution in [2.45, 2.75) is 39.5 Å². The standard InChI is InChI=1S/C6H14.CN.Fe.K/c1-3-5-6-4-2;1-2;;/h3-6H2,1-2H3;;;/q;-1;;+1. The van der Waals surface area contributed by atoms with E-state index in [1.807, 2.05) is 0 Å². The Morgan fingerprint density at radius 3 is 1.30 bits per heavy atom. The number of hydrogen-bond acceptors (Lipinski definition) is 1. The van der Waals surface area contributed by atoms with Crippen LogP contribution in [0, 0.1) is 11.8 Å². The van der Waals surface area contributed by atoms with Crippen LogP contribution in [-0.4, -0.2) is 0 Å². The van der Waals surface area contributed by atoms with E-state index in [-0.39, 0.29) is 68.5 Å². The predicted octanol–water partition coefficient (Wildman–Crippen LogP) is -0.316. The number of rotatable bonds is 3. The maximum absolute atomic E-state index is 6.25. The minimum Gasteiger partial charge on any atom is -0.512 e. The van der Waals surface area contributed by atoms with Crippen LogP contribution < -0.4 is 51.4 Å². The van der Waals surface area contributed by atoms with Crippen LogP contribution in [0.3, 0.4) is 0 Å². The third-order valence-electron chi connectivity index (χ3n) is 0.957. The van der Waals surface area contributed by atoms with Gasteiger partial charge in [0.25, 0.3) is 0 Å². The average Bonchev–Trinajstić information content (AvgIpc) is 1.88. The largest absolute Gasteiger partial charge is 1.00 e. The summed E-state index contributed by atoms with van der Waals surface area (Å²) in [6.45, 7) is 9.21. The molecule has 0 aromatic heterocycles. The normalized spacial score (nSPS) is 5.60. The van der Waals surface area contributed by atoms with Crippen molar-refractivity contribution in [3.05, 3.63) is 6.57 Å². The van der Waals surface area contributed by atoms with Crippen LogP contribution >= 0.6 is 0 Å². The minimum absolute atomic E-state index is 0. The van der Waals surface area contributed by atoms with Crippen molar-refractivity contribution in [3.63, 3.8) is 0 Å². The second-order valence-electron chi connectivity index (χ2n) is 1.71. The molecule has 0 N–H and O–H groups in total. The van der Waals surface area contributed by atoms with Gasteiger partial charge in [0.1, 0.15) is 0 Å². The summed E-state index contributed by atoms with van der Waals surface area (Å²) in [5.41, 5.74) is 0. The molecule has 3 heteroatoms. The quantitative estimate of drug-likeness (QED) is 0.353. The van der Waals surface area contributed by atoms with Crippen molar-refractivity contribution >= 4 is 0 Å². The molecule has 0 spiro atoms. The van der Waals surface area contributed by atoms with Gasteiger partial charge < -0.3 is 11.8 Å². The summed E-state index contributed by atoms with van der Waals surface area (Å²) in [4.78, 5) is 0. The SMILES string of the molecule is CCCCCC.[C-]#N.[Fe].[K+]. The van der Waals surface area contributed by atoms with Crippen molar-refractivity contribution in [2.75, 3.05) is 0 Å². The maximum Gasteiger partial charge on any atom is 1.00 e. The zero-order valence-electron chi connectivity index (χ0n) is 7.13. The minimum atomic E-state index is 0. The van der Waals surface area contributed by atoms with Crippen LogP contribution in [0.15, 0.2) is 0 Å². The Balaban J connectivity index is -0.0000000412. The smallest absolute Gasteiger partial charge is 0.512 e. The number of hydrogen-bond donors (Lipinski definition) is 0. The van der Waals surface area contributed by atoms with Gasteiger partial charge >= 0.3 is 51.4 Å². The van der Waals surface area contributed by atoms with Gasteiger partial charge in [-0.25, -0.2) is 0 Å². The van der Waals surface area contributed by atoms with E-state index in [1.54, 1.807) is 0 Å². The van der Waals surface area contributed by atoms with Gasteiger partial charge in [0, 0.05) is 17.1 Å². The zero-order chi connectivity index (χ0) is 6.83. The van der Waals surface area contributed by atoms with Gasteiger partial charge in [-0.05, 0) is 0 Å². The molecule has 0 saturated heterocycles. The first kappa shape index (κ1) is 22.6. The summed E-state index contributed by atoms with van der Waals surface area (Å²) in [5, 5.41) is 6.25. The van der Waals surface area contributed by atoms with Gasteiger partial charge in [0.2, 0.25) is 0 Å². The van der Waals surface area contributed by atoms with E-state index >= 15 is 0 Å². The van der Waals surface area contributed by atoms with Gasteiger partial charge in [-0.1, -0.05) is 39.5 Å². The molecule has 10 heavy (non-hydrogen) atoms. The van der Waals surface area contributed by atoms with Crippen molar-refractivity contribution in [1.82, 2.24) is 0 Å². The van der Waals surface area contributed by atoms with Crippen LogP contribution in [0.25, 0.3) is 0 Å². The molecule has 0 rings (SSSR count). The second kappa shape index (κ2) is 31.1. The van der Waals surface area contributed by atoms with E-state index < -0.39 is 0 Å². The summed E-state index contributed by atoms with van der Waals surface area (Å²) in [6.07, 6.45) is 5.54. The molecule has 0 aliphatic rings. The third kappa shape index (κ3) is 33.4. The monoisotopic (exact) mass is 207 g/mol. The van der Waals surface area contributed by atoms with Crippen molar-refractivity contribution in [1.29, 1.82) is 5.26 Å². The second-order valence-corrected chi connectivity index (χ2v) is 1.71. The molecule has 0 bridgehead atoms. The van der Waals surface area contributed by atoms with Crippen molar-refractivity contribution in [2.24, 2.45) is 0 Å². The van der Waals surface area contributed by atoms with Gasteiger partial charge in [-0.2, -0.15) is 0 Å². The topological polar surface area (TPSA) is 23.8 Å². The van der Waals surface area contributed by atoms with Gasteiger partial charge in [0.05, 0.1) is 0 Å². The van der Waals surface area contributed by atoms with E-state index in [0.717, 1.165) is 0 Å². The van der Waals surface area contributed by atoms with E-state index in [4.69, 9.17) is 11.8 Å².